The maximum atomic E-state index is 11.3. The van der Waals surface area contributed by atoms with Gasteiger partial charge in [0.15, 0.2) is 0 Å². The summed E-state index contributed by atoms with van der Waals surface area (Å²) < 4.78 is 5.60. The molecule has 0 aliphatic rings. The van der Waals surface area contributed by atoms with Gasteiger partial charge < -0.3 is 4.42 Å². The lowest BCUT2D eigenvalue weighted by Crippen LogP contribution is -2.24. The number of hydrogen-bond acceptors (Lipinski definition) is 4. The smallest absolute Gasteiger partial charge is 0.372 e. The Bertz CT molecular complexity index is 661. The van der Waals surface area contributed by atoms with E-state index >= 15 is 0 Å². The molecule has 0 fully saturated rings. The van der Waals surface area contributed by atoms with Gasteiger partial charge in [-0.1, -0.05) is 12.1 Å². The van der Waals surface area contributed by atoms with Crippen LogP contribution < -0.4 is 11.4 Å². The second-order valence-corrected chi connectivity index (χ2v) is 2.92. The first-order valence-electron chi connectivity index (χ1n) is 4.23. The lowest BCUT2D eigenvalue weighted by molar-refractivity contribution is 0.427. The van der Waals surface area contributed by atoms with E-state index < -0.39 is 11.4 Å². The van der Waals surface area contributed by atoms with Crippen molar-refractivity contribution in [3.05, 3.63) is 45.2 Å². The molecule has 0 spiro atoms. The Labute approximate surface area is 83.8 Å². The summed E-state index contributed by atoms with van der Waals surface area (Å²) in [6.07, 6.45) is 0. The van der Waals surface area contributed by atoms with Gasteiger partial charge in [-0.05, 0) is 12.1 Å². The quantitative estimate of drug-likeness (QED) is 0.673. The molecule has 1 aromatic heterocycles. The third-order valence-corrected chi connectivity index (χ3v) is 2.04. The predicted octanol–water partition coefficient (Wildman–Crippen LogP) is 0.478. The number of nitrogens with zero attached hydrogens (tertiary/aromatic N) is 2. The highest BCUT2D eigenvalue weighted by atomic mass is 16.4. The van der Waals surface area contributed by atoms with E-state index in [2.05, 4.69) is 4.42 Å². The highest BCUT2D eigenvalue weighted by molar-refractivity contribution is 5.77. The van der Waals surface area contributed by atoms with Gasteiger partial charge in [0.25, 0.3) is 0 Å². The number of rotatable bonds is 1. The molecule has 15 heavy (non-hydrogen) atoms. The number of hydrogen-bond donors (Lipinski definition) is 0. The Morgan fingerprint density at radius 3 is 2.80 bits per heavy atom. The largest absolute Gasteiger partial charge is 0.423 e. The second-order valence-electron chi connectivity index (χ2n) is 2.92. The van der Waals surface area contributed by atoms with Gasteiger partial charge in [-0.15, -0.1) is 0 Å². The van der Waals surface area contributed by atoms with E-state index in [-0.39, 0.29) is 6.54 Å². The normalized spacial score (nSPS) is 10.1. The van der Waals surface area contributed by atoms with Gasteiger partial charge in [0.05, 0.1) is 17.0 Å². The zero-order valence-electron chi connectivity index (χ0n) is 7.64. The first-order valence-corrected chi connectivity index (χ1v) is 4.23. The van der Waals surface area contributed by atoms with Crippen LogP contribution in [0.25, 0.3) is 10.9 Å². The van der Waals surface area contributed by atoms with Crippen LogP contribution in [-0.2, 0) is 6.54 Å². The molecule has 5 nitrogen and oxygen atoms in total. The molecule has 0 saturated heterocycles. The van der Waals surface area contributed by atoms with Crippen molar-refractivity contribution in [2.75, 3.05) is 0 Å². The highest BCUT2D eigenvalue weighted by Crippen LogP contribution is 2.06. The minimum Gasteiger partial charge on any atom is -0.372 e. The minimum absolute atomic E-state index is 0.136. The first kappa shape index (κ1) is 9.21. The molecule has 0 bridgehead atoms. The monoisotopic (exact) mass is 202 g/mol. The zero-order valence-corrected chi connectivity index (χ0v) is 7.64. The summed E-state index contributed by atoms with van der Waals surface area (Å²) in [6.45, 7) is -0.136. The fourth-order valence-corrected chi connectivity index (χ4v) is 1.39. The molecule has 74 valence electrons. The number of benzene rings is 1. The van der Waals surface area contributed by atoms with Crippen LogP contribution in [0.4, 0.5) is 0 Å². The zero-order chi connectivity index (χ0) is 10.8. The molecule has 1 aromatic carbocycles. The molecule has 0 saturated carbocycles. The van der Waals surface area contributed by atoms with Crippen molar-refractivity contribution in [1.82, 2.24) is 4.57 Å². The van der Waals surface area contributed by atoms with Crippen LogP contribution in [0.15, 0.2) is 38.3 Å². The van der Waals surface area contributed by atoms with Crippen molar-refractivity contribution in [2.45, 2.75) is 6.54 Å². The van der Waals surface area contributed by atoms with Gasteiger partial charge in [-0.2, -0.15) is 5.26 Å². The molecule has 0 unspecified atom stereocenters. The van der Waals surface area contributed by atoms with Crippen LogP contribution in [0.3, 0.4) is 0 Å². The molecule has 0 radical (unpaired) electrons. The Morgan fingerprint density at radius 1 is 1.33 bits per heavy atom. The van der Waals surface area contributed by atoms with Crippen molar-refractivity contribution in [3.8, 4) is 6.07 Å². The Kier molecular flexibility index (Phi) is 2.10. The highest BCUT2D eigenvalue weighted by Gasteiger charge is 2.07. The SMILES string of the molecule is N#CCn1c(=O)oc(=O)c2ccccc21. The molecule has 2 rings (SSSR count). The number of fused-ring (bicyclic) bond motifs is 1. The predicted molar refractivity (Wildman–Crippen MR) is 52.4 cm³/mol. The molecule has 1 heterocycles. The summed E-state index contributed by atoms with van der Waals surface area (Å²) in [5.74, 6) is -0.805. The summed E-state index contributed by atoms with van der Waals surface area (Å²) in [6, 6.07) is 8.35. The van der Waals surface area contributed by atoms with Gasteiger partial charge >= 0.3 is 11.4 Å². The summed E-state index contributed by atoms with van der Waals surface area (Å²) in [7, 11) is 0. The van der Waals surface area contributed by atoms with E-state index in [9.17, 15) is 9.59 Å². The average Bonchev–Trinajstić information content (AvgIpc) is 2.24. The maximum absolute atomic E-state index is 11.3. The standard InChI is InChI=1S/C10H6N2O3/c11-5-6-12-8-4-2-1-3-7(8)9(13)15-10(12)14/h1-4H,6H2. The second kappa shape index (κ2) is 3.42. The van der Waals surface area contributed by atoms with Gasteiger partial charge in [-0.3, -0.25) is 4.57 Å². The lowest BCUT2D eigenvalue weighted by atomic mass is 10.2. The summed E-state index contributed by atoms with van der Waals surface area (Å²) in [4.78, 5) is 22.6. The molecule has 0 N–H and O–H groups in total. The third kappa shape index (κ3) is 1.42. The number of para-hydroxylation sites is 1. The lowest BCUT2D eigenvalue weighted by Gasteiger charge is -2.02. The Balaban J connectivity index is 2.98. The van der Waals surface area contributed by atoms with Crippen molar-refractivity contribution >= 4 is 10.9 Å². The molecule has 0 aliphatic heterocycles. The van der Waals surface area contributed by atoms with E-state index in [0.717, 1.165) is 4.57 Å². The number of aromatic nitrogens is 1. The van der Waals surface area contributed by atoms with E-state index in [4.69, 9.17) is 5.26 Å². The van der Waals surface area contributed by atoms with Gasteiger partial charge in [0.1, 0.15) is 6.54 Å². The fourth-order valence-electron chi connectivity index (χ4n) is 1.39. The Morgan fingerprint density at radius 2 is 2.07 bits per heavy atom. The van der Waals surface area contributed by atoms with Crippen LogP contribution in [0, 0.1) is 11.3 Å². The topological polar surface area (TPSA) is 76.0 Å². The summed E-state index contributed by atoms with van der Waals surface area (Å²) in [5.41, 5.74) is -0.259. The maximum Gasteiger partial charge on any atom is 0.423 e. The molecule has 0 aliphatic carbocycles. The minimum atomic E-state index is -0.805. The van der Waals surface area contributed by atoms with Gasteiger partial charge in [0, 0.05) is 0 Å². The van der Waals surface area contributed by atoms with Crippen LogP contribution in [0.5, 0.6) is 0 Å². The first-order chi connectivity index (χ1) is 7.24. The number of nitriles is 1. The van der Waals surface area contributed by atoms with E-state index in [1.165, 1.54) is 0 Å². The van der Waals surface area contributed by atoms with Crippen molar-refractivity contribution < 1.29 is 4.42 Å². The van der Waals surface area contributed by atoms with E-state index in [1.807, 2.05) is 6.07 Å². The van der Waals surface area contributed by atoms with E-state index in [1.54, 1.807) is 24.3 Å². The molecule has 0 amide bonds. The molecule has 0 atom stereocenters. The van der Waals surface area contributed by atoms with Crippen molar-refractivity contribution in [3.63, 3.8) is 0 Å². The van der Waals surface area contributed by atoms with Crippen LogP contribution in [-0.4, -0.2) is 4.57 Å². The van der Waals surface area contributed by atoms with Crippen LogP contribution in [0.1, 0.15) is 0 Å². The van der Waals surface area contributed by atoms with Crippen molar-refractivity contribution in [1.29, 1.82) is 5.26 Å². The average molecular weight is 202 g/mol. The molecule has 5 heteroatoms. The Hall–Kier alpha value is -2.35. The molecular formula is C10H6N2O3. The molecular weight excluding hydrogens is 196 g/mol. The van der Waals surface area contributed by atoms with Gasteiger partial charge in [0.2, 0.25) is 0 Å². The summed E-state index contributed by atoms with van der Waals surface area (Å²) >= 11 is 0. The molecule has 2 aromatic rings. The van der Waals surface area contributed by atoms with Crippen molar-refractivity contribution in [2.24, 2.45) is 0 Å². The summed E-state index contributed by atoms with van der Waals surface area (Å²) in [5, 5.41) is 8.84. The fraction of sp³-hybridized carbons (Fsp3) is 0.100. The van der Waals surface area contributed by atoms with Crippen LogP contribution in [0.2, 0.25) is 0 Å². The van der Waals surface area contributed by atoms with Crippen LogP contribution >= 0.6 is 0 Å². The third-order valence-electron chi connectivity index (χ3n) is 2.04. The van der Waals surface area contributed by atoms with E-state index in [0.29, 0.717) is 10.9 Å². The van der Waals surface area contributed by atoms with Gasteiger partial charge in [-0.25, -0.2) is 9.59 Å².